The zero-order chi connectivity index (χ0) is 31.6. The Labute approximate surface area is 261 Å². The summed E-state index contributed by atoms with van der Waals surface area (Å²) in [6.45, 7) is 14.6. The van der Waals surface area contributed by atoms with Gasteiger partial charge in [-0.1, -0.05) is 46.3 Å². The van der Waals surface area contributed by atoms with Crippen molar-refractivity contribution in [3.8, 4) is 0 Å². The zero-order valence-corrected chi connectivity index (χ0v) is 26.8. The Bertz CT molecular complexity index is 1270. The lowest BCUT2D eigenvalue weighted by atomic mass is 9.70. The number of nitrogens with zero attached hydrogens (tertiary/aromatic N) is 2. The van der Waals surface area contributed by atoms with Crippen LogP contribution in [0.4, 0.5) is 5.69 Å². The van der Waals surface area contributed by atoms with E-state index in [0.29, 0.717) is 12.8 Å². The minimum absolute atomic E-state index is 0.114. The summed E-state index contributed by atoms with van der Waals surface area (Å²) in [4.78, 5) is 57.3. The van der Waals surface area contributed by atoms with E-state index >= 15 is 0 Å². The van der Waals surface area contributed by atoms with Crippen LogP contribution in [0.2, 0.25) is 0 Å². The van der Waals surface area contributed by atoms with Gasteiger partial charge in [0.15, 0.2) is 0 Å². The monoisotopic (exact) mass is 659 g/mol. The van der Waals surface area contributed by atoms with Crippen molar-refractivity contribution >= 4 is 45.3 Å². The number of esters is 1. The highest BCUT2D eigenvalue weighted by molar-refractivity contribution is 9.09. The summed E-state index contributed by atoms with van der Waals surface area (Å²) in [6, 6.07) is 3.96. The van der Waals surface area contributed by atoms with Crippen LogP contribution < -0.4 is 10.2 Å². The number of aliphatic hydroxyl groups excluding tert-OH is 1. The number of halogens is 1. The van der Waals surface area contributed by atoms with Crippen molar-refractivity contribution in [1.29, 1.82) is 0 Å². The van der Waals surface area contributed by atoms with Gasteiger partial charge in [0.2, 0.25) is 11.8 Å². The number of ether oxygens (including phenoxy) is 2. The van der Waals surface area contributed by atoms with E-state index in [9.17, 15) is 24.3 Å². The van der Waals surface area contributed by atoms with E-state index in [1.165, 1.54) is 4.90 Å². The van der Waals surface area contributed by atoms with Crippen LogP contribution in [0.1, 0.15) is 44.2 Å². The summed E-state index contributed by atoms with van der Waals surface area (Å²) >= 11 is 3.66. The Morgan fingerprint density at radius 2 is 1.93 bits per heavy atom. The molecule has 4 rings (SSSR count). The van der Waals surface area contributed by atoms with E-state index < -0.39 is 53.6 Å². The Morgan fingerprint density at radius 3 is 2.53 bits per heavy atom. The molecule has 11 heteroatoms. The average molecular weight is 661 g/mol. The standard InChI is InChI=1S/C32H42BrN3O7/c1-7-9-13-23(38)34-16-21(6)42-31(41)24-25-29(39)36(20(5)17-37)28(32(25)15-22(33)27(24)43-32)30(40)35(14-8-2)26-18(3)11-10-12-19(26)4/h7-8,10-12,20-22,24-25,27-28,37H,1-2,9,13-17H2,3-6H3,(H,34,38)/t20-,21+,22?,24-,25+,27-,28-,32+/m1/s1. The van der Waals surface area contributed by atoms with Gasteiger partial charge in [-0.3, -0.25) is 19.2 Å². The number of aliphatic hydroxyl groups is 1. The SMILES string of the molecule is C=CCCC(=O)NC[C@H](C)OC(=O)[C@H]1[C@@H]2O[C@@]3(CC2Br)[C@@H]1C(=O)N([C@H](C)CO)[C@@H]3C(=O)N(CC=C)c1c(C)cccc1C. The molecule has 3 amide bonds. The molecule has 1 aromatic rings. The average Bonchev–Trinajstić information content (AvgIpc) is 3.56. The number of anilines is 1. The summed E-state index contributed by atoms with van der Waals surface area (Å²) < 4.78 is 12.3. The molecule has 0 aliphatic carbocycles. The van der Waals surface area contributed by atoms with Crippen molar-refractivity contribution in [1.82, 2.24) is 10.2 Å². The van der Waals surface area contributed by atoms with Gasteiger partial charge >= 0.3 is 5.97 Å². The zero-order valence-electron chi connectivity index (χ0n) is 25.3. The highest BCUT2D eigenvalue weighted by atomic mass is 79.9. The third-order valence-electron chi connectivity index (χ3n) is 8.74. The van der Waals surface area contributed by atoms with Gasteiger partial charge in [-0.05, 0) is 51.7 Å². The Kier molecular flexibility index (Phi) is 10.2. The molecule has 8 atom stereocenters. The van der Waals surface area contributed by atoms with Crippen molar-refractivity contribution in [3.63, 3.8) is 0 Å². The second-order valence-electron chi connectivity index (χ2n) is 11.8. The molecule has 3 aliphatic heterocycles. The maximum absolute atomic E-state index is 14.7. The van der Waals surface area contributed by atoms with Crippen molar-refractivity contribution in [2.24, 2.45) is 11.8 Å². The summed E-state index contributed by atoms with van der Waals surface area (Å²) in [5.41, 5.74) is 1.19. The number of amides is 3. The number of carbonyl (C=O) groups is 4. The van der Waals surface area contributed by atoms with Crippen LogP contribution in [0.5, 0.6) is 0 Å². The fourth-order valence-electron chi connectivity index (χ4n) is 6.88. The molecule has 234 valence electrons. The normalized spacial score (nSPS) is 28.7. The van der Waals surface area contributed by atoms with Crippen molar-refractivity contribution < 1.29 is 33.8 Å². The number of fused-ring (bicyclic) bond motifs is 1. The topological polar surface area (TPSA) is 125 Å². The summed E-state index contributed by atoms with van der Waals surface area (Å²) in [6.07, 6.45) is 3.09. The fourth-order valence-corrected chi connectivity index (χ4v) is 7.82. The summed E-state index contributed by atoms with van der Waals surface area (Å²) in [5.74, 6) is -3.53. The molecule has 2 N–H and O–H groups in total. The van der Waals surface area contributed by atoms with Gasteiger partial charge in [0, 0.05) is 23.5 Å². The van der Waals surface area contributed by atoms with Gasteiger partial charge in [-0.2, -0.15) is 0 Å². The van der Waals surface area contributed by atoms with Crippen LogP contribution in [0.15, 0.2) is 43.5 Å². The van der Waals surface area contributed by atoms with Gasteiger partial charge in [0.25, 0.3) is 5.91 Å². The van der Waals surface area contributed by atoms with Crippen molar-refractivity contribution in [3.05, 3.63) is 54.6 Å². The predicted molar refractivity (Wildman–Crippen MR) is 166 cm³/mol. The highest BCUT2D eigenvalue weighted by Gasteiger charge is 2.77. The first kappa shape index (κ1) is 32.9. The van der Waals surface area contributed by atoms with Crippen LogP contribution in [-0.2, 0) is 28.7 Å². The van der Waals surface area contributed by atoms with E-state index in [2.05, 4.69) is 34.4 Å². The van der Waals surface area contributed by atoms with Crippen LogP contribution in [-0.4, -0.2) is 88.1 Å². The van der Waals surface area contributed by atoms with Gasteiger partial charge in [0.1, 0.15) is 17.7 Å². The van der Waals surface area contributed by atoms with E-state index in [4.69, 9.17) is 9.47 Å². The van der Waals surface area contributed by atoms with E-state index in [1.807, 2.05) is 32.0 Å². The minimum atomic E-state index is -1.31. The van der Waals surface area contributed by atoms with Crippen molar-refractivity contribution in [2.45, 2.75) is 81.7 Å². The number of benzene rings is 1. The van der Waals surface area contributed by atoms with Gasteiger partial charge in [-0.15, -0.1) is 13.2 Å². The Balaban J connectivity index is 1.68. The third kappa shape index (κ3) is 5.91. The molecule has 43 heavy (non-hydrogen) atoms. The highest BCUT2D eigenvalue weighted by Crippen LogP contribution is 2.60. The van der Waals surface area contributed by atoms with Crippen LogP contribution in [0.25, 0.3) is 0 Å². The number of rotatable bonds is 13. The third-order valence-corrected chi connectivity index (χ3v) is 9.58. The molecule has 3 heterocycles. The predicted octanol–water partition coefficient (Wildman–Crippen LogP) is 2.97. The molecular weight excluding hydrogens is 618 g/mol. The molecule has 3 saturated heterocycles. The molecule has 0 radical (unpaired) electrons. The first-order chi connectivity index (χ1) is 20.4. The van der Waals surface area contributed by atoms with E-state index in [-0.39, 0.29) is 42.8 Å². The number of para-hydroxylation sites is 1. The fraction of sp³-hybridized carbons (Fsp3) is 0.562. The quantitative estimate of drug-likeness (QED) is 0.189. The first-order valence-corrected chi connectivity index (χ1v) is 15.7. The molecular formula is C32H42BrN3O7. The van der Waals surface area contributed by atoms with Gasteiger partial charge < -0.3 is 29.7 Å². The van der Waals surface area contributed by atoms with Gasteiger partial charge in [-0.25, -0.2) is 0 Å². The summed E-state index contributed by atoms with van der Waals surface area (Å²) in [7, 11) is 0. The number of hydrogen-bond donors (Lipinski definition) is 2. The molecule has 1 aromatic carbocycles. The number of allylic oxidation sites excluding steroid dienone is 1. The largest absolute Gasteiger partial charge is 0.460 e. The number of aryl methyl sites for hydroxylation is 2. The first-order valence-electron chi connectivity index (χ1n) is 14.7. The number of hydrogen-bond acceptors (Lipinski definition) is 7. The second-order valence-corrected chi connectivity index (χ2v) is 13.0. The number of alkyl halides is 1. The lowest BCUT2D eigenvalue weighted by Crippen LogP contribution is -2.59. The molecule has 0 aromatic heterocycles. The molecule has 3 aliphatic rings. The molecule has 10 nitrogen and oxygen atoms in total. The Hall–Kier alpha value is -3.02. The van der Waals surface area contributed by atoms with E-state index in [1.54, 1.807) is 30.9 Å². The maximum atomic E-state index is 14.7. The Morgan fingerprint density at radius 1 is 1.26 bits per heavy atom. The maximum Gasteiger partial charge on any atom is 0.312 e. The number of carbonyl (C=O) groups excluding carboxylic acids is 4. The summed E-state index contributed by atoms with van der Waals surface area (Å²) in [5, 5.41) is 12.9. The number of nitrogens with one attached hydrogen (secondary N) is 1. The molecule has 2 bridgehead atoms. The van der Waals surface area contributed by atoms with E-state index in [0.717, 1.165) is 16.8 Å². The molecule has 1 unspecified atom stereocenters. The molecule has 3 fully saturated rings. The lowest BCUT2D eigenvalue weighted by molar-refractivity contribution is -0.159. The molecule has 1 spiro atoms. The number of likely N-dealkylation sites (tertiary alicyclic amines) is 1. The minimum Gasteiger partial charge on any atom is -0.460 e. The second kappa shape index (κ2) is 13.3. The van der Waals surface area contributed by atoms with Crippen LogP contribution in [0, 0.1) is 25.7 Å². The van der Waals surface area contributed by atoms with Crippen molar-refractivity contribution in [2.75, 3.05) is 24.6 Å². The van der Waals surface area contributed by atoms with Crippen LogP contribution >= 0.6 is 15.9 Å². The molecule has 0 saturated carbocycles. The lowest BCUT2D eigenvalue weighted by Gasteiger charge is -2.39. The smallest absolute Gasteiger partial charge is 0.312 e. The van der Waals surface area contributed by atoms with Crippen LogP contribution in [0.3, 0.4) is 0 Å². The van der Waals surface area contributed by atoms with Gasteiger partial charge in [0.05, 0.1) is 37.1 Å².